The number of carbonyl (C=O) groups is 2. The number of aliphatic hydroxyl groups excluding tert-OH is 1. The van der Waals surface area contributed by atoms with E-state index in [4.69, 9.17) is 4.74 Å². The minimum Gasteiger partial charge on any atom is -0.458 e. The van der Waals surface area contributed by atoms with Gasteiger partial charge in [0.1, 0.15) is 11.4 Å². The molecule has 0 aromatic carbocycles. The Bertz CT molecular complexity index is 783. The average Bonchev–Trinajstić information content (AvgIpc) is 3.34. The molecule has 152 valence electrons. The number of Topliss-reactive ketones (excluding diaryl/α,β-unsaturated/α-hetero) is 1. The van der Waals surface area contributed by atoms with E-state index >= 15 is 0 Å². The number of ketones is 1. The number of fused-ring (bicyclic) bond motifs is 9. The van der Waals surface area contributed by atoms with Gasteiger partial charge in [0.25, 0.3) is 0 Å². The molecule has 0 aromatic rings. The summed E-state index contributed by atoms with van der Waals surface area (Å²) in [5.74, 6) is 4.08. The zero-order chi connectivity index (χ0) is 19.3. The van der Waals surface area contributed by atoms with E-state index in [0.717, 1.165) is 25.7 Å². The van der Waals surface area contributed by atoms with Gasteiger partial charge in [-0.05, 0) is 80.1 Å². The first-order valence-electron chi connectivity index (χ1n) is 11.6. The molecule has 28 heavy (non-hydrogen) atoms. The zero-order valence-electron chi connectivity index (χ0n) is 16.9. The van der Waals surface area contributed by atoms with Crippen molar-refractivity contribution in [3.63, 3.8) is 0 Å². The number of hydrogen-bond donors (Lipinski definition) is 1. The third-order valence-electron chi connectivity index (χ3n) is 10.2. The van der Waals surface area contributed by atoms with E-state index < -0.39 is 0 Å². The molecule has 1 spiro atoms. The Hall–Kier alpha value is -1.16. The summed E-state index contributed by atoms with van der Waals surface area (Å²) in [5.41, 5.74) is 2.44. The van der Waals surface area contributed by atoms with Gasteiger partial charge in [-0.25, -0.2) is 0 Å². The van der Waals surface area contributed by atoms with Crippen molar-refractivity contribution in [1.82, 2.24) is 0 Å². The largest absolute Gasteiger partial charge is 0.458 e. The molecular formula is C24H32O4. The SMILES string of the molecule is CC[C@]12CCC3C(CC(CO)=C4CC(=O)CC[C@@H]43)C1C1CC1[C@@]21CCC(=O)O1. The molecule has 1 heterocycles. The predicted molar refractivity (Wildman–Crippen MR) is 103 cm³/mol. The Morgan fingerprint density at radius 1 is 1.11 bits per heavy atom. The van der Waals surface area contributed by atoms with Crippen molar-refractivity contribution in [2.75, 3.05) is 6.61 Å². The van der Waals surface area contributed by atoms with Crippen molar-refractivity contribution in [3.05, 3.63) is 11.1 Å². The Labute approximate surface area is 167 Å². The number of esters is 1. The third kappa shape index (κ3) is 1.96. The average molecular weight is 385 g/mol. The van der Waals surface area contributed by atoms with Gasteiger partial charge in [-0.2, -0.15) is 0 Å². The van der Waals surface area contributed by atoms with Crippen molar-refractivity contribution < 1.29 is 19.4 Å². The molecular weight excluding hydrogens is 352 g/mol. The molecule has 5 unspecified atom stereocenters. The van der Waals surface area contributed by atoms with Crippen LogP contribution in [0.25, 0.3) is 0 Å². The molecule has 1 aliphatic heterocycles. The molecule has 8 atom stereocenters. The number of allylic oxidation sites excluding steroid dienone is 1. The summed E-state index contributed by atoms with van der Waals surface area (Å²) in [5, 5.41) is 10.1. The number of hydrogen-bond acceptors (Lipinski definition) is 4. The van der Waals surface area contributed by atoms with Crippen molar-refractivity contribution >= 4 is 11.8 Å². The van der Waals surface area contributed by atoms with E-state index in [9.17, 15) is 14.7 Å². The second-order valence-corrected chi connectivity index (χ2v) is 10.6. The highest BCUT2D eigenvalue weighted by atomic mass is 16.6. The molecule has 5 aliphatic carbocycles. The number of carbonyl (C=O) groups excluding carboxylic acids is 2. The zero-order valence-corrected chi connectivity index (χ0v) is 16.9. The van der Waals surface area contributed by atoms with Gasteiger partial charge in [0.2, 0.25) is 0 Å². The molecule has 4 heteroatoms. The standard InChI is InChI=1S/C24H32O4/c1-2-23-7-5-16-15-4-3-14(26)10-17(15)13(12-25)9-18(16)22(23)19-11-20(19)24(23)8-6-21(27)28-24/h15-16,18-20,22,25H,2-12H2,1H3/t15-,16?,18?,19?,20?,22?,23+,24+/m1/s1. The molecule has 1 N–H and O–H groups in total. The van der Waals surface area contributed by atoms with E-state index in [1.54, 1.807) is 0 Å². The van der Waals surface area contributed by atoms with Crippen LogP contribution in [0, 0.1) is 40.9 Å². The van der Waals surface area contributed by atoms with Gasteiger partial charge in [0, 0.05) is 30.6 Å². The van der Waals surface area contributed by atoms with Crippen LogP contribution in [0.1, 0.15) is 71.1 Å². The van der Waals surface area contributed by atoms with Gasteiger partial charge in [-0.3, -0.25) is 9.59 Å². The molecule has 6 aliphatic rings. The van der Waals surface area contributed by atoms with Gasteiger partial charge in [0.05, 0.1) is 6.61 Å². The summed E-state index contributed by atoms with van der Waals surface area (Å²) in [6, 6.07) is 0. The van der Waals surface area contributed by atoms with Crippen LogP contribution in [-0.2, 0) is 14.3 Å². The Morgan fingerprint density at radius 2 is 1.96 bits per heavy atom. The monoisotopic (exact) mass is 384 g/mol. The molecule has 0 amide bonds. The van der Waals surface area contributed by atoms with Crippen molar-refractivity contribution in [2.24, 2.45) is 40.9 Å². The molecule has 0 bridgehead atoms. The van der Waals surface area contributed by atoms with Crippen LogP contribution in [0.4, 0.5) is 0 Å². The van der Waals surface area contributed by atoms with E-state index in [2.05, 4.69) is 6.92 Å². The summed E-state index contributed by atoms with van der Waals surface area (Å²) >= 11 is 0. The van der Waals surface area contributed by atoms with E-state index in [0.29, 0.717) is 60.6 Å². The summed E-state index contributed by atoms with van der Waals surface area (Å²) in [7, 11) is 0. The van der Waals surface area contributed by atoms with Gasteiger partial charge in [0.15, 0.2) is 0 Å². The first kappa shape index (κ1) is 17.7. The fourth-order valence-corrected chi connectivity index (χ4v) is 9.28. The predicted octanol–water partition coefficient (Wildman–Crippen LogP) is 3.81. The second kappa shape index (κ2) is 5.71. The lowest BCUT2D eigenvalue weighted by atomic mass is 9.47. The van der Waals surface area contributed by atoms with Crippen molar-refractivity contribution in [1.29, 1.82) is 0 Å². The minimum absolute atomic E-state index is 0.0221. The van der Waals surface area contributed by atoms with Gasteiger partial charge < -0.3 is 9.84 Å². The lowest BCUT2D eigenvalue weighted by Crippen LogP contribution is -2.56. The van der Waals surface area contributed by atoms with Crippen LogP contribution < -0.4 is 0 Å². The van der Waals surface area contributed by atoms with Gasteiger partial charge >= 0.3 is 5.97 Å². The summed E-state index contributed by atoms with van der Waals surface area (Å²) in [6.07, 6.45) is 9.51. The summed E-state index contributed by atoms with van der Waals surface area (Å²) < 4.78 is 6.24. The van der Waals surface area contributed by atoms with Crippen molar-refractivity contribution in [2.45, 2.75) is 76.7 Å². The first-order valence-corrected chi connectivity index (χ1v) is 11.6. The maximum absolute atomic E-state index is 12.2. The van der Waals surface area contributed by atoms with Crippen LogP contribution in [0.5, 0.6) is 0 Å². The fraction of sp³-hybridized carbons (Fsp3) is 0.833. The van der Waals surface area contributed by atoms with Crippen molar-refractivity contribution in [3.8, 4) is 0 Å². The fourth-order valence-electron chi connectivity index (χ4n) is 9.28. The Kier molecular flexibility index (Phi) is 3.61. The van der Waals surface area contributed by atoms with E-state index in [-0.39, 0.29) is 23.6 Å². The van der Waals surface area contributed by atoms with Crippen LogP contribution in [0.2, 0.25) is 0 Å². The lowest BCUT2D eigenvalue weighted by Gasteiger charge is -2.58. The minimum atomic E-state index is -0.189. The number of aliphatic hydroxyl groups is 1. The molecule has 0 radical (unpaired) electrons. The third-order valence-corrected chi connectivity index (χ3v) is 10.2. The Balaban J connectivity index is 1.42. The molecule has 6 rings (SSSR count). The molecule has 1 saturated heterocycles. The molecule has 4 nitrogen and oxygen atoms in total. The van der Waals surface area contributed by atoms with Gasteiger partial charge in [-0.1, -0.05) is 12.5 Å². The molecule has 4 saturated carbocycles. The topological polar surface area (TPSA) is 63.6 Å². The van der Waals surface area contributed by atoms with E-state index in [1.165, 1.54) is 30.4 Å². The van der Waals surface area contributed by atoms with Crippen LogP contribution in [0.15, 0.2) is 11.1 Å². The van der Waals surface area contributed by atoms with Crippen LogP contribution >= 0.6 is 0 Å². The maximum Gasteiger partial charge on any atom is 0.306 e. The smallest absolute Gasteiger partial charge is 0.306 e. The highest BCUT2D eigenvalue weighted by molar-refractivity contribution is 5.82. The number of rotatable bonds is 2. The highest BCUT2D eigenvalue weighted by Gasteiger charge is 2.79. The normalized spacial score (nSPS) is 51.5. The first-order chi connectivity index (χ1) is 13.5. The second-order valence-electron chi connectivity index (χ2n) is 10.6. The Morgan fingerprint density at radius 3 is 2.68 bits per heavy atom. The van der Waals surface area contributed by atoms with E-state index in [1.807, 2.05) is 0 Å². The highest BCUT2D eigenvalue weighted by Crippen LogP contribution is 2.79. The quantitative estimate of drug-likeness (QED) is 0.581. The van der Waals surface area contributed by atoms with Crippen LogP contribution in [-0.4, -0.2) is 29.1 Å². The molecule has 0 aromatic heterocycles. The molecule has 5 fully saturated rings. The lowest BCUT2D eigenvalue weighted by molar-refractivity contribution is -0.178. The number of ether oxygens (including phenoxy) is 1. The van der Waals surface area contributed by atoms with Crippen LogP contribution in [0.3, 0.4) is 0 Å². The summed E-state index contributed by atoms with van der Waals surface area (Å²) in [6.45, 7) is 2.44. The summed E-state index contributed by atoms with van der Waals surface area (Å²) in [4.78, 5) is 24.3. The maximum atomic E-state index is 12.2. The van der Waals surface area contributed by atoms with Gasteiger partial charge in [-0.15, -0.1) is 0 Å².